The highest BCUT2D eigenvalue weighted by Gasteiger charge is 2.10. The normalized spacial score (nSPS) is 10.5. The average Bonchev–Trinajstić information content (AvgIpc) is 2.58. The number of carbonyl (C=O) groups is 1. The van der Waals surface area contributed by atoms with Crippen LogP contribution in [0.2, 0.25) is 0 Å². The van der Waals surface area contributed by atoms with Crippen LogP contribution in [0, 0.1) is 6.92 Å². The number of para-hydroxylation sites is 1. The van der Waals surface area contributed by atoms with Crippen molar-refractivity contribution >= 4 is 17.9 Å². The molecule has 0 spiro atoms. The molecule has 7 heteroatoms. The van der Waals surface area contributed by atoms with Crippen LogP contribution in [0.1, 0.15) is 11.1 Å². The van der Waals surface area contributed by atoms with Crippen molar-refractivity contribution in [3.63, 3.8) is 0 Å². The van der Waals surface area contributed by atoms with Gasteiger partial charge < -0.3 is 19.9 Å². The maximum Gasteiger partial charge on any atom is 0.339 e. The van der Waals surface area contributed by atoms with Gasteiger partial charge in [0, 0.05) is 11.3 Å². The number of benzene rings is 2. The van der Waals surface area contributed by atoms with Crippen molar-refractivity contribution in [1.29, 1.82) is 0 Å². The van der Waals surface area contributed by atoms with E-state index < -0.39 is 6.03 Å². The molecule has 2 rings (SSSR count). The van der Waals surface area contributed by atoms with Gasteiger partial charge in [0.05, 0.1) is 20.4 Å². The third-order valence-corrected chi connectivity index (χ3v) is 3.28. The monoisotopic (exact) mass is 329 g/mol. The van der Waals surface area contributed by atoms with E-state index in [4.69, 9.17) is 9.47 Å². The molecule has 0 heterocycles. The van der Waals surface area contributed by atoms with Gasteiger partial charge in [-0.1, -0.05) is 18.2 Å². The standard InChI is InChI=1S/C17H19N3O4/c1-11-6-4-5-7-13(11)19-17(22)20-18-10-12-8-14(23-2)16(21)15(9-12)24-3/h4-10,21H,1-3H3,(H2,19,20,22)/b18-10+. The van der Waals surface area contributed by atoms with Crippen LogP contribution in [-0.4, -0.2) is 31.6 Å². The lowest BCUT2D eigenvalue weighted by atomic mass is 10.2. The zero-order valence-electron chi connectivity index (χ0n) is 13.7. The van der Waals surface area contributed by atoms with Gasteiger partial charge >= 0.3 is 6.03 Å². The Bertz CT molecular complexity index is 734. The number of phenols is 1. The maximum atomic E-state index is 11.8. The average molecular weight is 329 g/mol. The van der Waals surface area contributed by atoms with Crippen LogP contribution >= 0.6 is 0 Å². The van der Waals surface area contributed by atoms with Gasteiger partial charge in [-0.05, 0) is 30.7 Å². The number of hydrogen-bond donors (Lipinski definition) is 3. The molecule has 0 aromatic heterocycles. The number of carbonyl (C=O) groups excluding carboxylic acids is 1. The Labute approximate surface area is 139 Å². The summed E-state index contributed by atoms with van der Waals surface area (Å²) in [5.74, 6) is 0.405. The molecule has 0 bridgehead atoms. The maximum absolute atomic E-state index is 11.8. The summed E-state index contributed by atoms with van der Waals surface area (Å²) >= 11 is 0. The van der Waals surface area contributed by atoms with Gasteiger partial charge in [-0.15, -0.1) is 0 Å². The molecule has 0 atom stereocenters. The molecule has 0 saturated carbocycles. The molecule has 0 fully saturated rings. The van der Waals surface area contributed by atoms with Crippen molar-refractivity contribution in [3.05, 3.63) is 47.5 Å². The largest absolute Gasteiger partial charge is 0.502 e. The van der Waals surface area contributed by atoms with Crippen molar-refractivity contribution < 1.29 is 19.4 Å². The Kier molecular flexibility index (Phi) is 5.62. The van der Waals surface area contributed by atoms with Gasteiger partial charge in [0.2, 0.25) is 5.75 Å². The predicted molar refractivity (Wildman–Crippen MR) is 92.1 cm³/mol. The molecule has 3 N–H and O–H groups in total. The number of nitrogens with one attached hydrogen (secondary N) is 2. The van der Waals surface area contributed by atoms with Crippen LogP contribution in [0.5, 0.6) is 17.2 Å². The van der Waals surface area contributed by atoms with E-state index >= 15 is 0 Å². The predicted octanol–water partition coefficient (Wildman–Crippen LogP) is 2.87. The fourth-order valence-electron chi connectivity index (χ4n) is 2.02. The zero-order chi connectivity index (χ0) is 17.5. The van der Waals surface area contributed by atoms with Crippen molar-refractivity contribution in [3.8, 4) is 17.2 Å². The van der Waals surface area contributed by atoms with E-state index in [0.29, 0.717) is 11.3 Å². The molecular weight excluding hydrogens is 310 g/mol. The number of phenolic OH excluding ortho intramolecular Hbond substituents is 1. The molecule has 126 valence electrons. The van der Waals surface area contributed by atoms with Crippen molar-refractivity contribution in [2.75, 3.05) is 19.5 Å². The Morgan fingerprint density at radius 1 is 1.17 bits per heavy atom. The topological polar surface area (TPSA) is 92.2 Å². The highest BCUT2D eigenvalue weighted by molar-refractivity contribution is 5.91. The number of aromatic hydroxyl groups is 1. The molecule has 0 radical (unpaired) electrons. The van der Waals surface area contributed by atoms with Gasteiger partial charge in [0.15, 0.2) is 11.5 Å². The molecule has 0 aliphatic rings. The van der Waals surface area contributed by atoms with Gasteiger partial charge in [-0.2, -0.15) is 5.10 Å². The minimum absolute atomic E-state index is 0.0950. The van der Waals surface area contributed by atoms with Crippen LogP contribution in [0.3, 0.4) is 0 Å². The molecule has 0 aliphatic carbocycles. The summed E-state index contributed by atoms with van der Waals surface area (Å²) in [6.07, 6.45) is 1.42. The van der Waals surface area contributed by atoms with E-state index in [9.17, 15) is 9.90 Å². The minimum Gasteiger partial charge on any atom is -0.502 e. The third kappa shape index (κ3) is 4.16. The zero-order valence-corrected chi connectivity index (χ0v) is 13.7. The third-order valence-electron chi connectivity index (χ3n) is 3.28. The number of urea groups is 1. The van der Waals surface area contributed by atoms with Crippen LogP contribution < -0.4 is 20.2 Å². The number of aryl methyl sites for hydroxylation is 1. The summed E-state index contributed by atoms with van der Waals surface area (Å²) < 4.78 is 10.1. The van der Waals surface area contributed by atoms with Crippen LogP contribution in [-0.2, 0) is 0 Å². The summed E-state index contributed by atoms with van der Waals surface area (Å²) in [6, 6.07) is 10.1. The molecule has 7 nitrogen and oxygen atoms in total. The Morgan fingerprint density at radius 2 is 1.79 bits per heavy atom. The Balaban J connectivity index is 2.03. The van der Waals surface area contributed by atoms with Gasteiger partial charge in [-0.25, -0.2) is 10.2 Å². The van der Waals surface area contributed by atoms with Crippen LogP contribution in [0.25, 0.3) is 0 Å². The van der Waals surface area contributed by atoms with Gasteiger partial charge in [0.1, 0.15) is 0 Å². The summed E-state index contributed by atoms with van der Waals surface area (Å²) in [6.45, 7) is 1.90. The van der Waals surface area contributed by atoms with E-state index in [-0.39, 0.29) is 17.2 Å². The van der Waals surface area contributed by atoms with Crippen LogP contribution in [0.4, 0.5) is 10.5 Å². The Hall–Kier alpha value is -3.22. The number of amides is 2. The molecule has 2 aromatic rings. The number of nitrogens with zero attached hydrogens (tertiary/aromatic N) is 1. The van der Waals surface area contributed by atoms with Crippen molar-refractivity contribution in [2.45, 2.75) is 6.92 Å². The first-order valence-corrected chi connectivity index (χ1v) is 7.16. The summed E-state index contributed by atoms with van der Waals surface area (Å²) in [5.41, 5.74) is 4.62. The summed E-state index contributed by atoms with van der Waals surface area (Å²) in [5, 5.41) is 16.4. The lowest BCUT2D eigenvalue weighted by Crippen LogP contribution is -2.24. The second-order valence-electron chi connectivity index (χ2n) is 4.91. The first-order chi connectivity index (χ1) is 11.5. The van der Waals surface area contributed by atoms with Gasteiger partial charge in [0.25, 0.3) is 0 Å². The molecule has 0 unspecified atom stereocenters. The molecule has 0 aliphatic heterocycles. The summed E-state index contributed by atoms with van der Waals surface area (Å²) in [7, 11) is 2.87. The number of hydrazone groups is 1. The van der Waals surface area contributed by atoms with E-state index in [1.54, 1.807) is 18.2 Å². The lowest BCUT2D eigenvalue weighted by molar-refractivity contribution is 0.252. The number of anilines is 1. The number of rotatable bonds is 5. The molecular formula is C17H19N3O4. The number of methoxy groups -OCH3 is 2. The van der Waals surface area contributed by atoms with E-state index in [0.717, 1.165) is 5.56 Å². The second-order valence-corrected chi connectivity index (χ2v) is 4.91. The fraction of sp³-hybridized carbons (Fsp3) is 0.176. The number of ether oxygens (including phenoxy) is 2. The molecule has 0 saturated heterocycles. The van der Waals surface area contributed by atoms with E-state index in [2.05, 4.69) is 15.8 Å². The Morgan fingerprint density at radius 3 is 2.38 bits per heavy atom. The lowest BCUT2D eigenvalue weighted by Gasteiger charge is -2.09. The SMILES string of the molecule is COc1cc(/C=N/NC(=O)Nc2ccccc2C)cc(OC)c1O. The number of hydrogen-bond acceptors (Lipinski definition) is 5. The second kappa shape index (κ2) is 7.87. The highest BCUT2D eigenvalue weighted by atomic mass is 16.5. The highest BCUT2D eigenvalue weighted by Crippen LogP contribution is 2.36. The first kappa shape index (κ1) is 17.1. The van der Waals surface area contributed by atoms with Crippen molar-refractivity contribution in [2.24, 2.45) is 5.10 Å². The minimum atomic E-state index is -0.460. The smallest absolute Gasteiger partial charge is 0.339 e. The van der Waals surface area contributed by atoms with Crippen molar-refractivity contribution in [1.82, 2.24) is 5.43 Å². The van der Waals surface area contributed by atoms with Gasteiger partial charge in [-0.3, -0.25) is 0 Å². The van der Waals surface area contributed by atoms with Crippen LogP contribution in [0.15, 0.2) is 41.5 Å². The first-order valence-electron chi connectivity index (χ1n) is 7.16. The molecule has 2 aromatic carbocycles. The fourth-order valence-corrected chi connectivity index (χ4v) is 2.02. The summed E-state index contributed by atoms with van der Waals surface area (Å²) in [4.78, 5) is 11.8. The molecule has 24 heavy (non-hydrogen) atoms. The van der Waals surface area contributed by atoms with E-state index in [1.807, 2.05) is 25.1 Å². The quantitative estimate of drug-likeness (QED) is 0.581. The molecule has 2 amide bonds. The van der Waals surface area contributed by atoms with E-state index in [1.165, 1.54) is 20.4 Å².